The van der Waals surface area contributed by atoms with Gasteiger partial charge in [0.1, 0.15) is 23.0 Å². The highest BCUT2D eigenvalue weighted by atomic mass is 19.1. The molecule has 3 heterocycles. The molecule has 1 saturated heterocycles. The zero-order valence-electron chi connectivity index (χ0n) is 23.0. The minimum Gasteiger partial charge on any atom is -0.441 e. The average Bonchev–Trinajstić information content (AvgIpc) is 3.39. The van der Waals surface area contributed by atoms with Gasteiger partial charge in [-0.1, -0.05) is 12.1 Å². The third kappa shape index (κ3) is 7.23. The quantitative estimate of drug-likeness (QED) is 0.266. The molecule has 2 aromatic heterocycles. The van der Waals surface area contributed by atoms with Crippen LogP contribution in [0.4, 0.5) is 13.6 Å². The Balaban J connectivity index is 1.25. The van der Waals surface area contributed by atoms with Crippen LogP contribution in [-0.4, -0.2) is 44.7 Å². The molecule has 11 heteroatoms. The molecular weight excluding hydrogens is 534 g/mol. The molecule has 1 fully saturated rings. The Morgan fingerprint density at radius 2 is 1.76 bits per heavy atom. The second kappa shape index (κ2) is 11.6. The van der Waals surface area contributed by atoms with Crippen molar-refractivity contribution >= 4 is 6.16 Å². The monoisotopic (exact) mass is 564 g/mol. The molecular formula is C30H30F2N4O5. The van der Waals surface area contributed by atoms with E-state index in [2.05, 4.69) is 10.1 Å². The molecule has 0 radical (unpaired) electrons. The number of carbonyl (C=O) groups is 1. The number of carbonyl (C=O) groups excluding carboxylic acids is 1. The summed E-state index contributed by atoms with van der Waals surface area (Å²) in [6, 6.07) is 13.3. The van der Waals surface area contributed by atoms with Crippen LogP contribution in [0.15, 0.2) is 70.0 Å². The van der Waals surface area contributed by atoms with Crippen LogP contribution in [0, 0.1) is 11.6 Å². The number of rotatable bonds is 6. The first kappa shape index (κ1) is 28.2. The molecule has 0 bridgehead atoms. The van der Waals surface area contributed by atoms with Crippen molar-refractivity contribution in [3.05, 3.63) is 94.1 Å². The number of halogens is 2. The molecule has 0 saturated carbocycles. The molecule has 0 N–H and O–H groups in total. The summed E-state index contributed by atoms with van der Waals surface area (Å²) in [5.74, 6) is -0.139. The minimum atomic E-state index is -0.725. The maximum absolute atomic E-state index is 13.7. The molecule has 0 atom stereocenters. The molecule has 9 nitrogen and oxygen atoms in total. The van der Waals surface area contributed by atoms with E-state index in [1.807, 2.05) is 24.3 Å². The average molecular weight is 565 g/mol. The second-order valence-corrected chi connectivity index (χ2v) is 10.9. The van der Waals surface area contributed by atoms with Gasteiger partial charge >= 0.3 is 6.16 Å². The Bertz CT molecular complexity index is 1580. The SMILES string of the molecule is CC(C)(C)OC(=O)ON1CCC(c2cnc(-c3cccc(Cn4nc(-c5cc(F)cc(F)c5)ccc4=O)c3)o2)CC1. The first-order valence-electron chi connectivity index (χ1n) is 13.3. The number of hydrogen-bond acceptors (Lipinski definition) is 8. The summed E-state index contributed by atoms with van der Waals surface area (Å²) in [5, 5.41) is 5.92. The minimum absolute atomic E-state index is 0.121. The highest BCUT2D eigenvalue weighted by Crippen LogP contribution is 2.31. The molecule has 41 heavy (non-hydrogen) atoms. The van der Waals surface area contributed by atoms with Crippen molar-refractivity contribution in [3.8, 4) is 22.7 Å². The molecule has 214 valence electrons. The van der Waals surface area contributed by atoms with Gasteiger partial charge in [-0.3, -0.25) is 4.79 Å². The Labute approximate surface area is 235 Å². The van der Waals surface area contributed by atoms with Crippen molar-refractivity contribution < 1.29 is 27.6 Å². The number of oxazole rings is 1. The van der Waals surface area contributed by atoms with Crippen LogP contribution in [0.5, 0.6) is 0 Å². The van der Waals surface area contributed by atoms with Gasteiger partial charge in [0.15, 0.2) is 0 Å². The van der Waals surface area contributed by atoms with E-state index in [9.17, 15) is 18.4 Å². The van der Waals surface area contributed by atoms with E-state index in [-0.39, 0.29) is 29.3 Å². The largest absolute Gasteiger partial charge is 0.528 e. The predicted octanol–water partition coefficient (Wildman–Crippen LogP) is 5.94. The van der Waals surface area contributed by atoms with Crippen LogP contribution in [-0.2, 0) is 16.1 Å². The van der Waals surface area contributed by atoms with Crippen LogP contribution in [0.3, 0.4) is 0 Å². The molecule has 4 aromatic rings. The molecule has 0 aliphatic carbocycles. The number of piperidine rings is 1. The van der Waals surface area contributed by atoms with Gasteiger partial charge in [0, 0.05) is 42.3 Å². The van der Waals surface area contributed by atoms with Crippen LogP contribution in [0.2, 0.25) is 0 Å². The van der Waals surface area contributed by atoms with Crippen molar-refractivity contribution in [1.29, 1.82) is 0 Å². The number of aromatic nitrogens is 3. The molecule has 1 aliphatic heterocycles. The lowest BCUT2D eigenvalue weighted by molar-refractivity contribution is -0.152. The first-order valence-corrected chi connectivity index (χ1v) is 13.3. The number of hydrogen-bond donors (Lipinski definition) is 0. The van der Waals surface area contributed by atoms with Gasteiger partial charge in [-0.15, -0.1) is 5.06 Å². The van der Waals surface area contributed by atoms with Gasteiger partial charge in [0.25, 0.3) is 5.56 Å². The summed E-state index contributed by atoms with van der Waals surface area (Å²) < 4.78 is 40.0. The Morgan fingerprint density at radius 1 is 1.02 bits per heavy atom. The van der Waals surface area contributed by atoms with Crippen molar-refractivity contribution in [2.45, 2.75) is 51.7 Å². The summed E-state index contributed by atoms with van der Waals surface area (Å²) in [4.78, 5) is 34.2. The van der Waals surface area contributed by atoms with Crippen molar-refractivity contribution in [2.75, 3.05) is 13.1 Å². The Hall–Kier alpha value is -4.38. The molecule has 0 amide bonds. The maximum atomic E-state index is 13.7. The smallest absolute Gasteiger partial charge is 0.441 e. The van der Waals surface area contributed by atoms with E-state index in [1.54, 1.807) is 32.0 Å². The Kier molecular flexibility index (Phi) is 7.98. The van der Waals surface area contributed by atoms with Crippen LogP contribution in [0.25, 0.3) is 22.7 Å². The standard InChI is InChI=1S/C30H30F2N4O5/c1-30(2,3)40-29(38)41-35-11-9-20(10-12-35)26-17-33-28(39-26)21-6-4-5-19(13-21)18-36-27(37)8-7-25(34-36)22-14-23(31)16-24(32)15-22/h4-8,13-17,20H,9-12,18H2,1-3H3. The predicted molar refractivity (Wildman–Crippen MR) is 146 cm³/mol. The van der Waals surface area contributed by atoms with Gasteiger partial charge in [-0.25, -0.2) is 23.2 Å². The van der Waals surface area contributed by atoms with Crippen molar-refractivity contribution in [3.63, 3.8) is 0 Å². The highest BCUT2D eigenvalue weighted by Gasteiger charge is 2.27. The van der Waals surface area contributed by atoms with Gasteiger partial charge in [0.2, 0.25) is 5.89 Å². The van der Waals surface area contributed by atoms with E-state index in [0.717, 1.165) is 35.8 Å². The number of nitrogens with zero attached hydrogens (tertiary/aromatic N) is 4. The molecule has 1 aliphatic rings. The fourth-order valence-corrected chi connectivity index (χ4v) is 4.61. The third-order valence-electron chi connectivity index (χ3n) is 6.50. The van der Waals surface area contributed by atoms with E-state index < -0.39 is 23.4 Å². The summed E-state index contributed by atoms with van der Waals surface area (Å²) in [7, 11) is 0. The van der Waals surface area contributed by atoms with E-state index >= 15 is 0 Å². The topological polar surface area (TPSA) is 99.7 Å². The van der Waals surface area contributed by atoms with E-state index in [1.165, 1.54) is 28.9 Å². The molecule has 0 unspecified atom stereocenters. The van der Waals surface area contributed by atoms with Crippen LogP contribution in [0.1, 0.15) is 50.9 Å². The highest BCUT2D eigenvalue weighted by molar-refractivity contribution is 5.60. The summed E-state index contributed by atoms with van der Waals surface area (Å²) in [6.45, 7) is 6.57. The lowest BCUT2D eigenvalue weighted by atomic mass is 9.96. The zero-order valence-corrected chi connectivity index (χ0v) is 23.0. The van der Waals surface area contributed by atoms with E-state index in [4.69, 9.17) is 14.0 Å². The summed E-state index contributed by atoms with van der Waals surface area (Å²) >= 11 is 0. The molecule has 0 spiro atoms. The third-order valence-corrected chi connectivity index (χ3v) is 6.50. The molecule has 5 rings (SSSR count). The fraction of sp³-hybridized carbons (Fsp3) is 0.333. The van der Waals surface area contributed by atoms with Gasteiger partial charge in [-0.2, -0.15) is 5.10 Å². The fourth-order valence-electron chi connectivity index (χ4n) is 4.61. The summed E-state index contributed by atoms with van der Waals surface area (Å²) in [5.41, 5.74) is 1.04. The van der Waals surface area contributed by atoms with Gasteiger partial charge in [-0.05, 0) is 69.5 Å². The number of ether oxygens (including phenoxy) is 1. The molecule has 2 aromatic carbocycles. The van der Waals surface area contributed by atoms with E-state index in [0.29, 0.717) is 19.0 Å². The van der Waals surface area contributed by atoms with Crippen LogP contribution < -0.4 is 5.56 Å². The lowest BCUT2D eigenvalue weighted by Crippen LogP contribution is -2.37. The normalized spacial score (nSPS) is 14.7. The Morgan fingerprint density at radius 3 is 2.46 bits per heavy atom. The maximum Gasteiger partial charge on any atom is 0.528 e. The first-order chi connectivity index (χ1) is 19.5. The van der Waals surface area contributed by atoms with Gasteiger partial charge in [0.05, 0.1) is 18.4 Å². The zero-order chi connectivity index (χ0) is 29.1. The van der Waals surface area contributed by atoms with Crippen molar-refractivity contribution in [2.24, 2.45) is 0 Å². The number of benzene rings is 2. The number of hydroxylamine groups is 2. The second-order valence-electron chi connectivity index (χ2n) is 10.9. The van der Waals surface area contributed by atoms with Crippen molar-refractivity contribution in [1.82, 2.24) is 19.8 Å². The van der Waals surface area contributed by atoms with Crippen LogP contribution >= 0.6 is 0 Å². The lowest BCUT2D eigenvalue weighted by Gasteiger charge is -2.30. The summed E-state index contributed by atoms with van der Waals surface area (Å²) in [6.07, 6.45) is 2.43. The van der Waals surface area contributed by atoms with Gasteiger partial charge < -0.3 is 14.0 Å².